The number of carbonyl (C=O) groups is 2. The lowest BCUT2D eigenvalue weighted by Gasteiger charge is -2.23. The molecule has 1 N–H and O–H groups in total. The zero-order chi connectivity index (χ0) is 25.2. The highest BCUT2D eigenvalue weighted by atomic mass is 32.2. The molecule has 2 heterocycles. The Morgan fingerprint density at radius 3 is 2.56 bits per heavy atom. The molecule has 5 rings (SSSR count). The summed E-state index contributed by atoms with van der Waals surface area (Å²) in [4.78, 5) is 29.7. The van der Waals surface area contributed by atoms with E-state index < -0.39 is 5.25 Å². The number of halogens is 1. The molecule has 0 bridgehead atoms. The van der Waals surface area contributed by atoms with Gasteiger partial charge in [0.2, 0.25) is 5.91 Å². The molecule has 0 spiro atoms. The molecule has 2 atom stereocenters. The van der Waals surface area contributed by atoms with Gasteiger partial charge in [0.15, 0.2) is 5.17 Å². The average molecular weight is 501 g/mol. The molecule has 0 radical (unpaired) electrons. The number of anilines is 1. The smallest absolute Gasteiger partial charge is 0.262 e. The lowest BCUT2D eigenvalue weighted by atomic mass is 9.98. The van der Waals surface area contributed by atoms with Crippen LogP contribution in [0.3, 0.4) is 0 Å². The summed E-state index contributed by atoms with van der Waals surface area (Å²) >= 11 is 1.26. The molecule has 3 aromatic rings. The van der Waals surface area contributed by atoms with Crippen LogP contribution < -0.4 is 5.32 Å². The van der Waals surface area contributed by atoms with Gasteiger partial charge in [-0.2, -0.15) is 10.1 Å². The van der Waals surface area contributed by atoms with E-state index in [0.29, 0.717) is 22.8 Å². The first-order valence-electron chi connectivity index (χ1n) is 11.7. The first-order chi connectivity index (χ1) is 17.4. The monoisotopic (exact) mass is 500 g/mol. The van der Waals surface area contributed by atoms with Crippen LogP contribution in [0.25, 0.3) is 0 Å². The van der Waals surface area contributed by atoms with Crippen LogP contribution >= 0.6 is 11.8 Å². The van der Waals surface area contributed by atoms with E-state index in [4.69, 9.17) is 5.10 Å². The molecule has 0 fully saturated rings. The predicted molar refractivity (Wildman–Crippen MR) is 142 cm³/mol. The number of amides is 2. The number of rotatable bonds is 5. The zero-order valence-corrected chi connectivity index (χ0v) is 20.8. The maximum absolute atomic E-state index is 13.5. The van der Waals surface area contributed by atoms with Crippen LogP contribution in [0, 0.1) is 19.7 Å². The van der Waals surface area contributed by atoms with Crippen LogP contribution in [0.5, 0.6) is 0 Å². The maximum Gasteiger partial charge on any atom is 0.262 e. The van der Waals surface area contributed by atoms with Crippen molar-refractivity contribution < 1.29 is 14.0 Å². The Morgan fingerprint density at radius 2 is 1.83 bits per heavy atom. The van der Waals surface area contributed by atoms with Gasteiger partial charge in [0.1, 0.15) is 11.1 Å². The van der Waals surface area contributed by atoms with Gasteiger partial charge in [-0.25, -0.2) is 9.40 Å². The number of hydrogen-bond donors (Lipinski definition) is 1. The average Bonchev–Trinajstić information content (AvgIpc) is 3.46. The standard InChI is InChI=1S/C28H25FN4O2S/c1-17-8-10-19(11-9-17)23-15-24(20-6-4-3-5-7-20)33(32-23)28-31-27(35)25(36-28)16-26(34)30-21-12-13-22(29)18(2)14-21/h3-14,24-25H,15-16H2,1-2H3,(H,30,34)/t24-,25+/m1/s1. The third-order valence-corrected chi connectivity index (χ3v) is 7.36. The number of thioether (sulfide) groups is 1. The molecular formula is C28H25FN4O2S. The minimum absolute atomic E-state index is 0.0364. The third-order valence-electron chi connectivity index (χ3n) is 6.22. The van der Waals surface area contributed by atoms with E-state index in [9.17, 15) is 14.0 Å². The Labute approximate surface area is 213 Å². The van der Waals surface area contributed by atoms with E-state index in [2.05, 4.69) is 34.6 Å². The summed E-state index contributed by atoms with van der Waals surface area (Å²) in [5.41, 5.74) is 5.13. The molecule has 8 heteroatoms. The number of carbonyl (C=O) groups excluding carboxylic acids is 2. The number of benzene rings is 3. The fourth-order valence-electron chi connectivity index (χ4n) is 4.25. The largest absolute Gasteiger partial charge is 0.326 e. The van der Waals surface area contributed by atoms with Crippen LogP contribution in [-0.2, 0) is 9.59 Å². The number of nitrogens with one attached hydrogen (secondary N) is 1. The van der Waals surface area contributed by atoms with Gasteiger partial charge >= 0.3 is 0 Å². The third kappa shape index (κ3) is 5.09. The Kier molecular flexibility index (Phi) is 6.69. The molecule has 0 aliphatic carbocycles. The van der Waals surface area contributed by atoms with Crippen LogP contribution in [0.15, 0.2) is 82.9 Å². The maximum atomic E-state index is 13.5. The number of aliphatic imine (C=N–C) groups is 1. The first-order valence-corrected chi connectivity index (χ1v) is 12.6. The second-order valence-corrected chi connectivity index (χ2v) is 10.1. The lowest BCUT2D eigenvalue weighted by molar-refractivity contribution is -0.121. The van der Waals surface area contributed by atoms with Crippen LogP contribution in [0.1, 0.15) is 41.1 Å². The molecular weight excluding hydrogens is 475 g/mol. The molecule has 2 aliphatic heterocycles. The molecule has 6 nitrogen and oxygen atoms in total. The van der Waals surface area contributed by atoms with Crippen molar-refractivity contribution in [3.05, 3.63) is 101 Å². The van der Waals surface area contributed by atoms with Gasteiger partial charge in [0.05, 0.1) is 11.8 Å². The van der Waals surface area contributed by atoms with Crippen molar-refractivity contribution in [3.63, 3.8) is 0 Å². The van der Waals surface area contributed by atoms with Crippen molar-refractivity contribution in [2.75, 3.05) is 5.32 Å². The van der Waals surface area contributed by atoms with E-state index in [1.54, 1.807) is 13.0 Å². The zero-order valence-electron chi connectivity index (χ0n) is 19.9. The summed E-state index contributed by atoms with van der Waals surface area (Å²) in [7, 11) is 0. The number of hydrazone groups is 1. The molecule has 2 amide bonds. The van der Waals surface area contributed by atoms with Gasteiger partial charge in [0, 0.05) is 18.5 Å². The fourth-order valence-corrected chi connectivity index (χ4v) is 5.31. The topological polar surface area (TPSA) is 74.1 Å². The molecule has 36 heavy (non-hydrogen) atoms. The molecule has 0 unspecified atom stereocenters. The molecule has 0 saturated heterocycles. The van der Waals surface area contributed by atoms with Crippen molar-refractivity contribution in [1.29, 1.82) is 0 Å². The van der Waals surface area contributed by atoms with Gasteiger partial charge in [-0.15, -0.1) is 0 Å². The summed E-state index contributed by atoms with van der Waals surface area (Å²) in [6, 6.07) is 22.5. The fraction of sp³-hybridized carbons (Fsp3) is 0.214. The Morgan fingerprint density at radius 1 is 1.08 bits per heavy atom. The molecule has 3 aromatic carbocycles. The summed E-state index contributed by atoms with van der Waals surface area (Å²) < 4.78 is 13.5. The minimum atomic E-state index is -0.642. The summed E-state index contributed by atoms with van der Waals surface area (Å²) in [6.45, 7) is 3.67. The van der Waals surface area contributed by atoms with E-state index >= 15 is 0 Å². The van der Waals surface area contributed by atoms with E-state index in [1.807, 2.05) is 42.3 Å². The molecule has 182 valence electrons. The Hall–Kier alpha value is -3.78. The van der Waals surface area contributed by atoms with Crippen LogP contribution in [-0.4, -0.2) is 33.0 Å². The summed E-state index contributed by atoms with van der Waals surface area (Å²) in [5.74, 6) is -1.02. The number of nitrogens with zero attached hydrogens (tertiary/aromatic N) is 3. The van der Waals surface area contributed by atoms with Crippen molar-refractivity contribution in [2.45, 2.75) is 38.0 Å². The lowest BCUT2D eigenvalue weighted by Crippen LogP contribution is -2.25. The van der Waals surface area contributed by atoms with E-state index in [-0.39, 0.29) is 30.1 Å². The van der Waals surface area contributed by atoms with Crippen molar-refractivity contribution in [3.8, 4) is 0 Å². The number of amidine groups is 1. The van der Waals surface area contributed by atoms with Crippen molar-refractivity contribution >= 4 is 40.1 Å². The van der Waals surface area contributed by atoms with Crippen molar-refractivity contribution in [1.82, 2.24) is 5.01 Å². The van der Waals surface area contributed by atoms with Crippen LogP contribution in [0.4, 0.5) is 10.1 Å². The number of aryl methyl sites for hydroxylation is 2. The predicted octanol–water partition coefficient (Wildman–Crippen LogP) is 5.62. The van der Waals surface area contributed by atoms with E-state index in [0.717, 1.165) is 16.8 Å². The van der Waals surface area contributed by atoms with Gasteiger partial charge in [0.25, 0.3) is 5.91 Å². The molecule has 0 aromatic heterocycles. The highest BCUT2D eigenvalue weighted by Gasteiger charge is 2.39. The Balaban J connectivity index is 1.33. The Bertz CT molecular complexity index is 1370. The van der Waals surface area contributed by atoms with E-state index in [1.165, 1.54) is 29.5 Å². The molecule has 0 saturated carbocycles. The van der Waals surface area contributed by atoms with Gasteiger partial charge in [-0.1, -0.05) is 71.9 Å². The van der Waals surface area contributed by atoms with Crippen LogP contribution in [0.2, 0.25) is 0 Å². The second-order valence-electron chi connectivity index (χ2n) is 8.94. The first kappa shape index (κ1) is 23.9. The quantitative estimate of drug-likeness (QED) is 0.493. The van der Waals surface area contributed by atoms with Gasteiger partial charge < -0.3 is 5.32 Å². The van der Waals surface area contributed by atoms with Gasteiger partial charge in [-0.05, 0) is 48.7 Å². The highest BCUT2D eigenvalue weighted by Crippen LogP contribution is 2.38. The van der Waals surface area contributed by atoms with Crippen molar-refractivity contribution in [2.24, 2.45) is 10.1 Å². The minimum Gasteiger partial charge on any atom is -0.326 e. The number of hydrogen-bond acceptors (Lipinski definition) is 5. The SMILES string of the molecule is Cc1ccc(C2=NN(C3=NC(=O)[C@H](CC(=O)Nc4ccc(F)c(C)c4)S3)[C@@H](c3ccccc3)C2)cc1. The second kappa shape index (κ2) is 10.1. The highest BCUT2D eigenvalue weighted by molar-refractivity contribution is 8.15. The normalized spacial score (nSPS) is 19.3. The summed E-state index contributed by atoms with van der Waals surface area (Å²) in [6.07, 6.45) is 0.640. The van der Waals surface area contributed by atoms with Gasteiger partial charge in [-0.3, -0.25) is 9.59 Å². The molecule has 2 aliphatic rings. The summed E-state index contributed by atoms with van der Waals surface area (Å²) in [5, 5.41) is 9.28.